The van der Waals surface area contributed by atoms with Crippen LogP contribution >= 0.6 is 0 Å². The van der Waals surface area contributed by atoms with E-state index in [2.05, 4.69) is 20.8 Å². The van der Waals surface area contributed by atoms with E-state index in [1.54, 1.807) is 0 Å². The van der Waals surface area contributed by atoms with E-state index in [4.69, 9.17) is 9.47 Å². The van der Waals surface area contributed by atoms with Crippen molar-refractivity contribution in [1.82, 2.24) is 0 Å². The Morgan fingerprint density at radius 2 is 0.947 bits per heavy atom. The molecule has 0 saturated carbocycles. The minimum Gasteiger partial charge on any atom is -0.466 e. The predicted molar refractivity (Wildman–Crippen MR) is 164 cm³/mol. The highest BCUT2D eigenvalue weighted by molar-refractivity contribution is 5.69. The Hall–Kier alpha value is -0.610. The standard InChI is InChI=1S/C34H68O4/c1-4-7-10-13-18-23-28-33(37-30-25-20-14-11-8-5-2)32(35)27-22-17-16-19-24-29-34(36)38-31-26-21-15-12-9-6-3/h32-33,35H,4-31H2,1-3H3. The second-order valence-electron chi connectivity index (χ2n) is 11.6. The third kappa shape index (κ3) is 27.0. The van der Waals surface area contributed by atoms with Crippen LogP contribution in [0.3, 0.4) is 0 Å². The number of esters is 1. The molecule has 0 amide bonds. The van der Waals surface area contributed by atoms with Gasteiger partial charge in [-0.25, -0.2) is 0 Å². The molecular weight excluding hydrogens is 472 g/mol. The maximum atomic E-state index is 11.9. The number of ether oxygens (including phenoxy) is 2. The Kier molecular flexibility index (Phi) is 30.4. The average Bonchev–Trinajstić information content (AvgIpc) is 2.92. The molecule has 2 atom stereocenters. The third-order valence-corrected chi connectivity index (χ3v) is 7.74. The summed E-state index contributed by atoms with van der Waals surface area (Å²) < 4.78 is 11.6. The fourth-order valence-electron chi connectivity index (χ4n) is 5.11. The summed E-state index contributed by atoms with van der Waals surface area (Å²) >= 11 is 0. The van der Waals surface area contributed by atoms with Gasteiger partial charge in [0.1, 0.15) is 0 Å². The van der Waals surface area contributed by atoms with Crippen molar-refractivity contribution in [3.63, 3.8) is 0 Å². The summed E-state index contributed by atoms with van der Waals surface area (Å²) in [4.78, 5) is 11.9. The molecule has 0 rings (SSSR count). The molecule has 0 aliphatic carbocycles. The topological polar surface area (TPSA) is 55.8 Å². The van der Waals surface area contributed by atoms with E-state index >= 15 is 0 Å². The van der Waals surface area contributed by atoms with Crippen LogP contribution in [0.2, 0.25) is 0 Å². The van der Waals surface area contributed by atoms with Gasteiger partial charge in [0.05, 0.1) is 18.8 Å². The zero-order valence-electron chi connectivity index (χ0n) is 26.1. The van der Waals surface area contributed by atoms with Crippen molar-refractivity contribution in [3.05, 3.63) is 0 Å². The number of hydrogen-bond acceptors (Lipinski definition) is 4. The largest absolute Gasteiger partial charge is 0.466 e. The SMILES string of the molecule is CCCCCCCCOC(=O)CCCCCCCC(O)C(CCCCCCCC)OCCCCCCCC. The Labute approximate surface area is 238 Å². The first-order chi connectivity index (χ1) is 18.7. The molecule has 0 aromatic rings. The lowest BCUT2D eigenvalue weighted by Gasteiger charge is -2.24. The van der Waals surface area contributed by atoms with Gasteiger partial charge < -0.3 is 14.6 Å². The molecule has 38 heavy (non-hydrogen) atoms. The predicted octanol–water partition coefficient (Wildman–Crippen LogP) is 10.5. The highest BCUT2D eigenvalue weighted by atomic mass is 16.5. The van der Waals surface area contributed by atoms with Crippen LogP contribution in [0.15, 0.2) is 0 Å². The number of carbonyl (C=O) groups excluding carboxylic acids is 1. The number of aliphatic hydroxyl groups is 1. The number of hydrogen-bond donors (Lipinski definition) is 1. The van der Waals surface area contributed by atoms with Crippen molar-refractivity contribution in [2.75, 3.05) is 13.2 Å². The molecule has 2 unspecified atom stereocenters. The molecule has 0 aliphatic heterocycles. The fraction of sp³-hybridized carbons (Fsp3) is 0.971. The van der Waals surface area contributed by atoms with Gasteiger partial charge in [0.25, 0.3) is 0 Å². The molecule has 0 aliphatic rings. The smallest absolute Gasteiger partial charge is 0.305 e. The van der Waals surface area contributed by atoms with Gasteiger partial charge in [0.2, 0.25) is 0 Å². The Bertz CT molecular complexity index is 467. The lowest BCUT2D eigenvalue weighted by Crippen LogP contribution is -2.29. The van der Waals surface area contributed by atoms with Crippen LogP contribution in [-0.4, -0.2) is 36.5 Å². The number of carbonyl (C=O) groups is 1. The Morgan fingerprint density at radius 1 is 0.526 bits per heavy atom. The second-order valence-corrected chi connectivity index (χ2v) is 11.6. The van der Waals surface area contributed by atoms with Crippen LogP contribution in [0.1, 0.15) is 188 Å². The lowest BCUT2D eigenvalue weighted by atomic mass is 9.99. The molecule has 0 bridgehead atoms. The molecule has 0 aromatic heterocycles. The van der Waals surface area contributed by atoms with Gasteiger partial charge in [-0.1, -0.05) is 149 Å². The molecule has 0 fully saturated rings. The van der Waals surface area contributed by atoms with Crippen molar-refractivity contribution < 1.29 is 19.4 Å². The van der Waals surface area contributed by atoms with E-state index < -0.39 is 0 Å². The van der Waals surface area contributed by atoms with E-state index in [1.807, 2.05) is 0 Å². The quantitative estimate of drug-likeness (QED) is 0.0701. The van der Waals surface area contributed by atoms with Crippen LogP contribution < -0.4 is 0 Å². The van der Waals surface area contributed by atoms with Crippen LogP contribution in [0.25, 0.3) is 0 Å². The van der Waals surface area contributed by atoms with Gasteiger partial charge in [-0.3, -0.25) is 4.79 Å². The molecule has 0 radical (unpaired) electrons. The van der Waals surface area contributed by atoms with E-state index in [1.165, 1.54) is 96.3 Å². The van der Waals surface area contributed by atoms with Gasteiger partial charge in [0, 0.05) is 13.0 Å². The molecule has 4 heteroatoms. The maximum absolute atomic E-state index is 11.9. The Morgan fingerprint density at radius 3 is 1.50 bits per heavy atom. The van der Waals surface area contributed by atoms with Gasteiger partial charge >= 0.3 is 5.97 Å². The number of unbranched alkanes of at least 4 members (excludes halogenated alkanes) is 19. The summed E-state index contributed by atoms with van der Waals surface area (Å²) in [5, 5.41) is 10.9. The summed E-state index contributed by atoms with van der Waals surface area (Å²) in [6.45, 7) is 8.12. The highest BCUT2D eigenvalue weighted by Crippen LogP contribution is 2.18. The van der Waals surface area contributed by atoms with Gasteiger partial charge in [-0.05, 0) is 32.1 Å². The normalized spacial score (nSPS) is 13.1. The summed E-state index contributed by atoms with van der Waals surface area (Å²) in [5.41, 5.74) is 0. The minimum absolute atomic E-state index is 0.00164. The molecule has 4 nitrogen and oxygen atoms in total. The first-order valence-corrected chi connectivity index (χ1v) is 17.1. The molecule has 228 valence electrons. The van der Waals surface area contributed by atoms with Gasteiger partial charge in [-0.15, -0.1) is 0 Å². The molecule has 0 aromatic carbocycles. The third-order valence-electron chi connectivity index (χ3n) is 7.74. The first-order valence-electron chi connectivity index (χ1n) is 17.1. The van der Waals surface area contributed by atoms with Gasteiger partial charge in [0.15, 0.2) is 0 Å². The minimum atomic E-state index is -0.345. The maximum Gasteiger partial charge on any atom is 0.305 e. The lowest BCUT2D eigenvalue weighted by molar-refractivity contribution is -0.143. The summed E-state index contributed by atoms with van der Waals surface area (Å²) in [7, 11) is 0. The van der Waals surface area contributed by atoms with Crippen molar-refractivity contribution in [2.45, 2.75) is 200 Å². The van der Waals surface area contributed by atoms with Crippen molar-refractivity contribution >= 4 is 5.97 Å². The van der Waals surface area contributed by atoms with Crippen molar-refractivity contribution in [2.24, 2.45) is 0 Å². The van der Waals surface area contributed by atoms with Gasteiger partial charge in [-0.2, -0.15) is 0 Å². The Balaban J connectivity index is 3.93. The molecule has 0 spiro atoms. The average molecular weight is 541 g/mol. The summed E-state index contributed by atoms with van der Waals surface area (Å²) in [5.74, 6) is -0.0333. The van der Waals surface area contributed by atoms with Crippen molar-refractivity contribution in [3.8, 4) is 0 Å². The zero-order valence-corrected chi connectivity index (χ0v) is 26.1. The number of rotatable bonds is 31. The second kappa shape index (κ2) is 30.9. The fourth-order valence-corrected chi connectivity index (χ4v) is 5.11. The molecular formula is C34H68O4. The van der Waals surface area contributed by atoms with Crippen LogP contribution in [0, 0.1) is 0 Å². The number of aliphatic hydroxyl groups excluding tert-OH is 1. The van der Waals surface area contributed by atoms with Crippen LogP contribution in [-0.2, 0) is 14.3 Å². The van der Waals surface area contributed by atoms with E-state index in [0.717, 1.165) is 70.8 Å². The van der Waals surface area contributed by atoms with Crippen LogP contribution in [0.4, 0.5) is 0 Å². The van der Waals surface area contributed by atoms with Crippen LogP contribution in [0.5, 0.6) is 0 Å². The zero-order chi connectivity index (χ0) is 27.9. The highest BCUT2D eigenvalue weighted by Gasteiger charge is 2.19. The molecule has 0 saturated heterocycles. The van der Waals surface area contributed by atoms with E-state index in [9.17, 15) is 9.90 Å². The van der Waals surface area contributed by atoms with Crippen molar-refractivity contribution in [1.29, 1.82) is 0 Å². The molecule has 0 heterocycles. The van der Waals surface area contributed by atoms with E-state index in [0.29, 0.717) is 13.0 Å². The van der Waals surface area contributed by atoms with E-state index in [-0.39, 0.29) is 18.2 Å². The first kappa shape index (κ1) is 37.4. The summed E-state index contributed by atoms with van der Waals surface area (Å²) in [6.07, 6.45) is 29.9. The molecule has 1 N–H and O–H groups in total. The summed E-state index contributed by atoms with van der Waals surface area (Å²) in [6, 6.07) is 0. The monoisotopic (exact) mass is 541 g/mol.